The zero-order valence-corrected chi connectivity index (χ0v) is 15.1. The van der Waals surface area contributed by atoms with Gasteiger partial charge in [0.1, 0.15) is 6.04 Å². The summed E-state index contributed by atoms with van der Waals surface area (Å²) in [6, 6.07) is 5.91. The molecule has 2 aliphatic rings. The second kappa shape index (κ2) is 5.30. The average Bonchev–Trinajstić information content (AvgIpc) is 2.60. The topological polar surface area (TPSA) is 58.9 Å². The van der Waals surface area contributed by atoms with Crippen molar-refractivity contribution in [2.75, 3.05) is 34.9 Å². The lowest BCUT2D eigenvalue weighted by atomic mass is 9.75. The van der Waals surface area contributed by atoms with E-state index in [0.29, 0.717) is 17.1 Å². The lowest BCUT2D eigenvalue weighted by Crippen LogP contribution is -2.49. The number of ether oxygens (including phenoxy) is 2. The van der Waals surface area contributed by atoms with E-state index in [-0.39, 0.29) is 17.5 Å². The Morgan fingerprint density at radius 3 is 2.48 bits per heavy atom. The second-order valence-corrected chi connectivity index (χ2v) is 7.50. The smallest absolute Gasteiger partial charge is 0.168 e. The van der Waals surface area contributed by atoms with Crippen LogP contribution in [0.2, 0.25) is 0 Å². The van der Waals surface area contributed by atoms with Crippen molar-refractivity contribution >= 4 is 0 Å². The molecular formula is C20H24NO4+. The van der Waals surface area contributed by atoms with E-state index >= 15 is 0 Å². The fourth-order valence-electron chi connectivity index (χ4n) is 4.45. The number of nitrogens with zero attached hydrogens (tertiary/aromatic N) is 1. The van der Waals surface area contributed by atoms with E-state index in [9.17, 15) is 10.2 Å². The SMILES string of the molecule is COc1ccc2c(c1OC)-c1c(O)c(O)cc3c1C(C2)[N+](C)(C)CC3. The number of phenols is 2. The molecule has 1 aliphatic heterocycles. The molecule has 2 N–H and O–H groups in total. The largest absolute Gasteiger partial charge is 0.504 e. The zero-order chi connectivity index (χ0) is 17.9. The molecule has 0 saturated heterocycles. The molecule has 5 nitrogen and oxygen atoms in total. The highest BCUT2D eigenvalue weighted by Crippen LogP contribution is 2.56. The third-order valence-electron chi connectivity index (χ3n) is 5.84. The minimum absolute atomic E-state index is 0.0712. The Morgan fingerprint density at radius 2 is 1.80 bits per heavy atom. The number of methoxy groups -OCH3 is 2. The van der Waals surface area contributed by atoms with Crippen LogP contribution in [-0.2, 0) is 12.8 Å². The highest BCUT2D eigenvalue weighted by atomic mass is 16.5. The number of quaternary nitrogens is 1. The number of benzene rings is 2. The normalized spacial score (nSPS) is 19.8. The van der Waals surface area contributed by atoms with Crippen LogP contribution >= 0.6 is 0 Å². The summed E-state index contributed by atoms with van der Waals surface area (Å²) >= 11 is 0. The third-order valence-corrected chi connectivity index (χ3v) is 5.84. The second-order valence-electron chi connectivity index (χ2n) is 7.50. The highest BCUT2D eigenvalue weighted by Gasteiger charge is 2.44. The van der Waals surface area contributed by atoms with Crippen molar-refractivity contribution in [2.24, 2.45) is 0 Å². The maximum Gasteiger partial charge on any atom is 0.168 e. The van der Waals surface area contributed by atoms with Crippen LogP contribution in [0.4, 0.5) is 0 Å². The van der Waals surface area contributed by atoms with E-state index in [4.69, 9.17) is 9.47 Å². The van der Waals surface area contributed by atoms with Gasteiger partial charge in [0.05, 0.1) is 34.9 Å². The van der Waals surface area contributed by atoms with Crippen LogP contribution in [0.3, 0.4) is 0 Å². The first-order chi connectivity index (χ1) is 11.9. The first kappa shape index (κ1) is 16.1. The maximum atomic E-state index is 10.8. The number of rotatable bonds is 2. The number of hydrogen-bond donors (Lipinski definition) is 2. The minimum Gasteiger partial charge on any atom is -0.504 e. The molecule has 1 atom stereocenters. The van der Waals surface area contributed by atoms with Crippen LogP contribution in [-0.4, -0.2) is 49.6 Å². The minimum atomic E-state index is -0.0718. The summed E-state index contributed by atoms with van der Waals surface area (Å²) < 4.78 is 12.0. The molecule has 1 heterocycles. The fourth-order valence-corrected chi connectivity index (χ4v) is 4.45. The first-order valence-corrected chi connectivity index (χ1v) is 8.53. The van der Waals surface area contributed by atoms with Gasteiger partial charge < -0.3 is 24.2 Å². The van der Waals surface area contributed by atoms with Crippen molar-refractivity contribution in [3.8, 4) is 34.1 Å². The molecule has 25 heavy (non-hydrogen) atoms. The number of likely N-dealkylation sites (N-methyl/N-ethyl adjacent to an activating group) is 1. The quantitative estimate of drug-likeness (QED) is 0.651. The summed E-state index contributed by atoms with van der Waals surface area (Å²) in [4.78, 5) is 0. The van der Waals surface area contributed by atoms with E-state index in [1.54, 1.807) is 20.3 Å². The molecular weight excluding hydrogens is 318 g/mol. The molecule has 5 heteroatoms. The van der Waals surface area contributed by atoms with Crippen molar-refractivity contribution in [3.05, 3.63) is 34.9 Å². The molecule has 0 fully saturated rings. The molecule has 0 saturated carbocycles. The molecule has 0 bridgehead atoms. The van der Waals surface area contributed by atoms with Crippen LogP contribution in [0.5, 0.6) is 23.0 Å². The van der Waals surface area contributed by atoms with Crippen LogP contribution in [0.25, 0.3) is 11.1 Å². The van der Waals surface area contributed by atoms with Gasteiger partial charge in [-0.25, -0.2) is 0 Å². The fraction of sp³-hybridized carbons (Fsp3) is 0.400. The van der Waals surface area contributed by atoms with Gasteiger partial charge in [-0.1, -0.05) is 6.07 Å². The Kier molecular flexibility index (Phi) is 3.41. The molecule has 4 rings (SSSR count). The van der Waals surface area contributed by atoms with E-state index in [0.717, 1.165) is 46.1 Å². The molecule has 1 unspecified atom stereocenters. The Labute approximate surface area is 147 Å². The van der Waals surface area contributed by atoms with E-state index in [2.05, 4.69) is 14.1 Å². The van der Waals surface area contributed by atoms with E-state index in [1.165, 1.54) is 0 Å². The zero-order valence-electron chi connectivity index (χ0n) is 15.1. The van der Waals surface area contributed by atoms with Crippen molar-refractivity contribution in [3.63, 3.8) is 0 Å². The van der Waals surface area contributed by atoms with Crippen molar-refractivity contribution in [1.29, 1.82) is 0 Å². The highest BCUT2D eigenvalue weighted by molar-refractivity contribution is 5.88. The molecule has 1 aliphatic carbocycles. The molecule has 0 spiro atoms. The molecule has 0 radical (unpaired) electrons. The number of aromatic hydroxyl groups is 2. The standard InChI is InChI=1S/C20H23NO4/c1-21(2)8-7-12-10-14(22)19(23)18-16(12)13(21)9-11-5-6-15(24-3)20(25-4)17(11)18/h5-6,10,13H,7-9H2,1-4H3,(H-,22,23)/p+1. The van der Waals surface area contributed by atoms with Gasteiger partial charge in [0.15, 0.2) is 23.0 Å². The first-order valence-electron chi connectivity index (χ1n) is 8.53. The molecule has 0 aromatic heterocycles. The Morgan fingerprint density at radius 1 is 1.04 bits per heavy atom. The lowest BCUT2D eigenvalue weighted by molar-refractivity contribution is -0.923. The average molecular weight is 342 g/mol. The molecule has 2 aromatic carbocycles. The van der Waals surface area contributed by atoms with Crippen LogP contribution < -0.4 is 9.47 Å². The van der Waals surface area contributed by atoms with Gasteiger partial charge in [-0.2, -0.15) is 0 Å². The third kappa shape index (κ3) is 2.12. The molecule has 2 aromatic rings. The van der Waals surface area contributed by atoms with E-state index in [1.807, 2.05) is 12.1 Å². The van der Waals surface area contributed by atoms with Crippen molar-refractivity contribution in [1.82, 2.24) is 0 Å². The lowest BCUT2D eigenvalue weighted by Gasteiger charge is -2.46. The van der Waals surface area contributed by atoms with Crippen LogP contribution in [0.1, 0.15) is 22.7 Å². The Balaban J connectivity index is 2.12. The predicted octanol–water partition coefficient (Wildman–Crippen LogP) is 3.01. The van der Waals surface area contributed by atoms with Gasteiger partial charge in [0, 0.05) is 29.5 Å². The summed E-state index contributed by atoms with van der Waals surface area (Å²) in [6.45, 7) is 1.00. The Hall–Kier alpha value is -2.40. The van der Waals surface area contributed by atoms with Gasteiger partial charge in [0.2, 0.25) is 0 Å². The number of hydrogen-bond acceptors (Lipinski definition) is 4. The summed E-state index contributed by atoms with van der Waals surface area (Å²) in [6.07, 6.45) is 1.74. The monoisotopic (exact) mass is 342 g/mol. The summed E-state index contributed by atoms with van der Waals surface area (Å²) in [5, 5.41) is 21.1. The van der Waals surface area contributed by atoms with Gasteiger partial charge >= 0.3 is 0 Å². The molecule has 0 amide bonds. The number of phenolic OH excluding ortho intramolecular Hbond substituents is 2. The maximum absolute atomic E-state index is 10.8. The van der Waals surface area contributed by atoms with Crippen molar-refractivity contribution < 1.29 is 24.2 Å². The predicted molar refractivity (Wildman–Crippen MR) is 95.4 cm³/mol. The van der Waals surface area contributed by atoms with Crippen molar-refractivity contribution in [2.45, 2.75) is 18.9 Å². The van der Waals surface area contributed by atoms with Gasteiger partial charge in [-0.3, -0.25) is 0 Å². The van der Waals surface area contributed by atoms with Gasteiger partial charge in [-0.15, -0.1) is 0 Å². The van der Waals surface area contributed by atoms with Gasteiger partial charge in [-0.05, 0) is 23.3 Å². The summed E-state index contributed by atoms with van der Waals surface area (Å²) in [5.74, 6) is 1.09. The van der Waals surface area contributed by atoms with Crippen LogP contribution in [0, 0.1) is 0 Å². The van der Waals surface area contributed by atoms with Crippen LogP contribution in [0.15, 0.2) is 18.2 Å². The van der Waals surface area contributed by atoms with Gasteiger partial charge in [0.25, 0.3) is 0 Å². The molecule has 132 valence electrons. The number of fused-ring (bicyclic) bond motifs is 2. The summed E-state index contributed by atoms with van der Waals surface area (Å²) in [7, 11) is 7.67. The Bertz CT molecular complexity index is 873. The van der Waals surface area contributed by atoms with E-state index < -0.39 is 0 Å². The summed E-state index contributed by atoms with van der Waals surface area (Å²) in [5.41, 5.74) is 4.89.